The number of rotatable bonds is 11. The molecule has 1 unspecified atom stereocenters. The second-order valence-corrected chi connectivity index (χ2v) is 23.9. The molecule has 1 spiro atoms. The SMILES string of the molecule is CC1CC[C@@]2(OC1)O[C@H]1C[C@H]3[C@@H]4CC=C5C[C@@H](O[C@@H]6O[C@H](CO)[C@@H](O[C@@H]7O[C@H](CO)[C@@H](O)[C@H](O[C@@H]8O[C@H](CO)[C@@H](O)[C@H](O)[C@H]8O)[C@H]7O)[C@H](O)[C@H]6O[C@@H]6O[C@@H](C)[C@H](O)[C@@H](O)[C@H]6O)CC[C@]5(C)[C@H]4CC[C@]3(C)[C@H]1[C@H]2C. The Kier molecular flexibility index (Phi) is 16.0. The van der Waals surface area contributed by atoms with Gasteiger partial charge in [-0.3, -0.25) is 0 Å². The highest BCUT2D eigenvalue weighted by Crippen LogP contribution is 2.71. The number of aliphatic hydroxyl groups is 12. The predicted molar refractivity (Wildman–Crippen MR) is 247 cm³/mol. The third kappa shape index (κ3) is 9.42. The van der Waals surface area contributed by atoms with Gasteiger partial charge in [0.2, 0.25) is 0 Å². The lowest BCUT2D eigenvalue weighted by atomic mass is 9.47. The lowest BCUT2D eigenvalue weighted by molar-refractivity contribution is -0.396. The van der Waals surface area contributed by atoms with Crippen molar-refractivity contribution in [2.45, 2.75) is 233 Å². The molecule has 3 saturated carbocycles. The number of fused-ring (bicyclic) bond motifs is 7. The monoisotopic (exact) mass is 1050 g/mol. The molecule has 9 fully saturated rings. The van der Waals surface area contributed by atoms with Gasteiger partial charge in [-0.2, -0.15) is 0 Å². The van der Waals surface area contributed by atoms with E-state index in [0.717, 1.165) is 51.6 Å². The minimum atomic E-state index is -2.00. The maximum Gasteiger partial charge on any atom is 0.187 e. The van der Waals surface area contributed by atoms with E-state index in [1.807, 2.05) is 0 Å². The molecule has 73 heavy (non-hydrogen) atoms. The summed E-state index contributed by atoms with van der Waals surface area (Å²) in [7, 11) is 0. The Morgan fingerprint density at radius 3 is 1.86 bits per heavy atom. The van der Waals surface area contributed by atoms with Crippen molar-refractivity contribution in [3.63, 3.8) is 0 Å². The molecule has 10 aliphatic rings. The Labute approximate surface area is 425 Å². The fourth-order valence-corrected chi connectivity index (χ4v) is 15.5. The third-order valence-electron chi connectivity index (χ3n) is 19.8. The molecular weight excluding hydrogens is 965 g/mol. The summed E-state index contributed by atoms with van der Waals surface area (Å²) in [4.78, 5) is 0. The molecule has 418 valence electrons. The van der Waals surface area contributed by atoms with Crippen molar-refractivity contribution < 1.29 is 109 Å². The summed E-state index contributed by atoms with van der Waals surface area (Å²) in [5.74, 6) is 2.32. The molecule has 10 rings (SSSR count). The third-order valence-corrected chi connectivity index (χ3v) is 19.8. The van der Waals surface area contributed by atoms with Gasteiger partial charge in [-0.1, -0.05) is 39.3 Å². The number of ether oxygens (including phenoxy) is 10. The summed E-state index contributed by atoms with van der Waals surface area (Å²) in [5.41, 5.74) is 1.35. The lowest BCUT2D eigenvalue weighted by Crippen LogP contribution is -2.68. The van der Waals surface area contributed by atoms with Crippen LogP contribution < -0.4 is 0 Å². The minimum Gasteiger partial charge on any atom is -0.394 e. The molecule has 0 bridgehead atoms. The number of hydrogen-bond acceptors (Lipinski definition) is 22. The molecule has 6 saturated heterocycles. The predicted octanol–water partition coefficient (Wildman–Crippen LogP) is -1.96. The Bertz CT molecular complexity index is 1920. The first-order valence-electron chi connectivity index (χ1n) is 26.9. The minimum absolute atomic E-state index is 0.0914. The second kappa shape index (κ2) is 21.2. The van der Waals surface area contributed by atoms with E-state index < -0.39 is 155 Å². The topological polar surface area (TPSA) is 335 Å². The van der Waals surface area contributed by atoms with Gasteiger partial charge in [-0.15, -0.1) is 0 Å². The van der Waals surface area contributed by atoms with E-state index in [2.05, 4.69) is 33.8 Å². The van der Waals surface area contributed by atoms with E-state index in [1.165, 1.54) is 12.5 Å². The van der Waals surface area contributed by atoms with Gasteiger partial charge < -0.3 is 109 Å². The maximum atomic E-state index is 12.3. The Balaban J connectivity index is 0.857. The van der Waals surface area contributed by atoms with Crippen molar-refractivity contribution in [2.24, 2.45) is 46.3 Å². The molecular formula is C51H82O22. The van der Waals surface area contributed by atoms with Crippen molar-refractivity contribution in [2.75, 3.05) is 26.4 Å². The Hall–Kier alpha value is -1.14. The fourth-order valence-electron chi connectivity index (χ4n) is 15.5. The lowest BCUT2D eigenvalue weighted by Gasteiger charge is -2.59. The van der Waals surface area contributed by atoms with Crippen LogP contribution in [0.2, 0.25) is 0 Å². The van der Waals surface area contributed by atoms with Crippen LogP contribution in [-0.2, 0) is 47.4 Å². The standard InChI is InChI=1S/C51H82O22/c1-20-8-13-51(64-19-20)21(2)32-28(73-51)15-27-25-7-6-23-14-24(9-11-49(23,4)26(25)10-12-50(27,32)5)66-48-44(72-45-38(60)36(58)33(55)22(3)65-45)40(62)42(31(18-54)69-48)70-47-41(63)43(35(57)30(17-53)68-47)71-46-39(61)37(59)34(56)29(16-52)67-46/h6,20-22,24-48,52-63H,7-19H2,1-5H3/t20?,21-,22+,24+,25-,26+,27+,28+,29-,30-,31-,32+,33+,34-,35-,36-,37+,38-,39-,40+,41-,42-,43+,44-,45+,46+,47+,48-,49+,50+,51-/m1/s1. The van der Waals surface area contributed by atoms with Crippen LogP contribution in [0.3, 0.4) is 0 Å². The first-order chi connectivity index (χ1) is 34.7. The number of allylic oxidation sites excluding steroid dienone is 1. The first-order valence-corrected chi connectivity index (χ1v) is 26.9. The van der Waals surface area contributed by atoms with E-state index >= 15 is 0 Å². The molecule has 22 nitrogen and oxygen atoms in total. The molecule has 0 aromatic rings. The van der Waals surface area contributed by atoms with Gasteiger partial charge in [0.25, 0.3) is 0 Å². The van der Waals surface area contributed by atoms with Crippen molar-refractivity contribution >= 4 is 0 Å². The van der Waals surface area contributed by atoms with Crippen LogP contribution in [0.25, 0.3) is 0 Å². The summed E-state index contributed by atoms with van der Waals surface area (Å²) in [6.07, 6.45) is -23.0. The fraction of sp³-hybridized carbons (Fsp3) is 0.961. The first kappa shape index (κ1) is 55.2. The average Bonchev–Trinajstić information content (AvgIpc) is 3.82. The zero-order valence-electron chi connectivity index (χ0n) is 42.4. The van der Waals surface area contributed by atoms with E-state index in [-0.39, 0.29) is 16.9 Å². The summed E-state index contributed by atoms with van der Waals surface area (Å²) >= 11 is 0. The van der Waals surface area contributed by atoms with Gasteiger partial charge in [0, 0.05) is 12.3 Å². The van der Waals surface area contributed by atoms with Crippen LogP contribution in [0.1, 0.15) is 92.4 Å². The van der Waals surface area contributed by atoms with Crippen molar-refractivity contribution in [1.29, 1.82) is 0 Å². The van der Waals surface area contributed by atoms with Gasteiger partial charge in [0.15, 0.2) is 30.9 Å². The number of aliphatic hydroxyl groups excluding tert-OH is 12. The van der Waals surface area contributed by atoms with Crippen LogP contribution in [0.4, 0.5) is 0 Å². The van der Waals surface area contributed by atoms with Crippen molar-refractivity contribution in [1.82, 2.24) is 0 Å². The molecule has 6 aliphatic heterocycles. The molecule has 31 atom stereocenters. The highest BCUT2D eigenvalue weighted by Gasteiger charge is 2.69. The normalized spacial score (nSPS) is 57.1. The van der Waals surface area contributed by atoms with Crippen LogP contribution in [0.5, 0.6) is 0 Å². The van der Waals surface area contributed by atoms with Gasteiger partial charge in [0.05, 0.1) is 44.7 Å². The quantitative estimate of drug-likeness (QED) is 0.1000. The molecule has 22 heteroatoms. The van der Waals surface area contributed by atoms with Crippen LogP contribution in [0, 0.1) is 46.3 Å². The van der Waals surface area contributed by atoms with Crippen molar-refractivity contribution in [3.05, 3.63) is 11.6 Å². The second-order valence-electron chi connectivity index (χ2n) is 23.9. The molecule has 0 radical (unpaired) electrons. The zero-order valence-corrected chi connectivity index (χ0v) is 42.4. The smallest absolute Gasteiger partial charge is 0.187 e. The summed E-state index contributed by atoms with van der Waals surface area (Å²) in [5, 5.41) is 130. The summed E-state index contributed by atoms with van der Waals surface area (Å²) in [6.45, 7) is 9.28. The molecule has 0 aromatic carbocycles. The average molecular weight is 1050 g/mol. The van der Waals surface area contributed by atoms with E-state index in [4.69, 9.17) is 47.4 Å². The van der Waals surface area contributed by atoms with Crippen LogP contribution >= 0.6 is 0 Å². The molecule has 4 aliphatic carbocycles. The van der Waals surface area contributed by atoms with Gasteiger partial charge in [-0.25, -0.2) is 0 Å². The largest absolute Gasteiger partial charge is 0.394 e. The van der Waals surface area contributed by atoms with Gasteiger partial charge in [0.1, 0.15) is 91.6 Å². The Morgan fingerprint density at radius 2 is 1.19 bits per heavy atom. The molecule has 6 heterocycles. The van der Waals surface area contributed by atoms with E-state index in [0.29, 0.717) is 48.3 Å². The Morgan fingerprint density at radius 1 is 0.575 bits per heavy atom. The van der Waals surface area contributed by atoms with Crippen LogP contribution in [-0.4, -0.2) is 229 Å². The van der Waals surface area contributed by atoms with E-state index in [1.54, 1.807) is 0 Å². The van der Waals surface area contributed by atoms with E-state index in [9.17, 15) is 61.3 Å². The van der Waals surface area contributed by atoms with Crippen molar-refractivity contribution in [3.8, 4) is 0 Å². The molecule has 0 aromatic heterocycles. The van der Waals surface area contributed by atoms with Gasteiger partial charge in [-0.05, 0) is 98.7 Å². The highest BCUT2D eigenvalue weighted by molar-refractivity contribution is 5.26. The number of hydrogen-bond donors (Lipinski definition) is 12. The van der Waals surface area contributed by atoms with Crippen LogP contribution in [0.15, 0.2) is 11.6 Å². The molecule has 12 N–H and O–H groups in total. The zero-order chi connectivity index (χ0) is 52.2. The summed E-state index contributed by atoms with van der Waals surface area (Å²) in [6, 6.07) is 0. The maximum absolute atomic E-state index is 12.3. The summed E-state index contributed by atoms with van der Waals surface area (Å²) < 4.78 is 61.8. The molecule has 0 amide bonds. The van der Waals surface area contributed by atoms with Gasteiger partial charge >= 0.3 is 0 Å². The highest BCUT2D eigenvalue weighted by atomic mass is 16.8.